The largest absolute Gasteiger partial charge is 0.469 e. The van der Waals surface area contributed by atoms with Gasteiger partial charge in [0, 0.05) is 7.11 Å². The predicted molar refractivity (Wildman–Crippen MR) is 53.1 cm³/mol. The maximum atomic E-state index is 11.8. The molecule has 0 radical (unpaired) electrons. The van der Waals surface area contributed by atoms with Crippen LogP contribution in [0.5, 0.6) is 0 Å². The first-order valence-electron chi connectivity index (χ1n) is 4.73. The van der Waals surface area contributed by atoms with Crippen molar-refractivity contribution in [3.8, 4) is 0 Å². The zero-order chi connectivity index (χ0) is 10.6. The molecule has 0 amide bonds. The van der Waals surface area contributed by atoms with E-state index in [0.29, 0.717) is 18.6 Å². The fourth-order valence-electron chi connectivity index (χ4n) is 1.21. The zero-order valence-corrected chi connectivity index (χ0v) is 8.87. The number of Topliss-reactive ketones (excluding diaryl/α,β-unsaturated/α-hetero) is 1. The van der Waals surface area contributed by atoms with Gasteiger partial charge >= 0.3 is 0 Å². The molecule has 0 saturated carbocycles. The summed E-state index contributed by atoms with van der Waals surface area (Å²) < 4.78 is 10.3. The third-order valence-electron chi connectivity index (χ3n) is 2.63. The molecule has 1 unspecified atom stereocenters. The zero-order valence-electron chi connectivity index (χ0n) is 8.87. The maximum Gasteiger partial charge on any atom is 0.171 e. The average molecular weight is 196 g/mol. The first kappa shape index (κ1) is 11.0. The van der Waals surface area contributed by atoms with Crippen LogP contribution in [0.25, 0.3) is 0 Å². The number of hydrogen-bond acceptors (Lipinski definition) is 3. The van der Waals surface area contributed by atoms with Crippen LogP contribution in [0.1, 0.15) is 26.0 Å². The van der Waals surface area contributed by atoms with Crippen LogP contribution in [-0.4, -0.2) is 18.5 Å². The molecular weight excluding hydrogens is 180 g/mol. The standard InChI is InChI=1S/C11H16O3/c1-4-11(2,13-3)10(12)8-9-6-5-7-14-9/h5-7H,4,8H2,1-3H3. The van der Waals surface area contributed by atoms with Crippen LogP contribution >= 0.6 is 0 Å². The topological polar surface area (TPSA) is 39.4 Å². The van der Waals surface area contributed by atoms with Crippen LogP contribution in [0.2, 0.25) is 0 Å². The Hall–Kier alpha value is -1.09. The van der Waals surface area contributed by atoms with Gasteiger partial charge in [-0.3, -0.25) is 4.79 Å². The van der Waals surface area contributed by atoms with E-state index in [1.165, 1.54) is 0 Å². The van der Waals surface area contributed by atoms with Crippen LogP contribution in [0.3, 0.4) is 0 Å². The smallest absolute Gasteiger partial charge is 0.171 e. The van der Waals surface area contributed by atoms with Crippen LogP contribution in [0.4, 0.5) is 0 Å². The Kier molecular flexibility index (Phi) is 3.47. The van der Waals surface area contributed by atoms with Crippen molar-refractivity contribution in [2.75, 3.05) is 7.11 Å². The van der Waals surface area contributed by atoms with E-state index < -0.39 is 5.60 Å². The number of hydrogen-bond donors (Lipinski definition) is 0. The Labute approximate surface area is 84.1 Å². The third kappa shape index (κ3) is 2.23. The lowest BCUT2D eigenvalue weighted by molar-refractivity contribution is -0.138. The second-order valence-electron chi connectivity index (χ2n) is 3.47. The quantitative estimate of drug-likeness (QED) is 0.724. The molecule has 0 aliphatic heterocycles. The molecule has 3 nitrogen and oxygen atoms in total. The average Bonchev–Trinajstić information content (AvgIpc) is 2.69. The molecule has 0 aromatic carbocycles. The SMILES string of the molecule is CCC(C)(OC)C(=O)Cc1ccco1. The third-order valence-corrected chi connectivity index (χ3v) is 2.63. The molecule has 0 N–H and O–H groups in total. The number of furan rings is 1. The number of ether oxygens (including phenoxy) is 1. The second kappa shape index (κ2) is 4.42. The van der Waals surface area contributed by atoms with Crippen molar-refractivity contribution in [3.63, 3.8) is 0 Å². The van der Waals surface area contributed by atoms with Gasteiger partial charge in [-0.05, 0) is 25.5 Å². The highest BCUT2D eigenvalue weighted by atomic mass is 16.5. The van der Waals surface area contributed by atoms with Crippen molar-refractivity contribution in [3.05, 3.63) is 24.2 Å². The van der Waals surface area contributed by atoms with Gasteiger partial charge in [-0.15, -0.1) is 0 Å². The van der Waals surface area contributed by atoms with E-state index in [1.54, 1.807) is 32.4 Å². The lowest BCUT2D eigenvalue weighted by atomic mass is 9.94. The number of rotatable bonds is 5. The maximum absolute atomic E-state index is 11.8. The summed E-state index contributed by atoms with van der Waals surface area (Å²) in [6.45, 7) is 3.74. The predicted octanol–water partition coefficient (Wildman–Crippen LogP) is 2.21. The summed E-state index contributed by atoms with van der Waals surface area (Å²) in [6.07, 6.45) is 2.53. The van der Waals surface area contributed by atoms with Crippen molar-refractivity contribution in [1.29, 1.82) is 0 Å². The van der Waals surface area contributed by atoms with Gasteiger partial charge in [-0.25, -0.2) is 0 Å². The van der Waals surface area contributed by atoms with Gasteiger partial charge in [0.2, 0.25) is 0 Å². The van der Waals surface area contributed by atoms with Crippen LogP contribution in [0.15, 0.2) is 22.8 Å². The van der Waals surface area contributed by atoms with Gasteiger partial charge in [0.25, 0.3) is 0 Å². The molecule has 0 saturated heterocycles. The molecule has 0 aliphatic carbocycles. The van der Waals surface area contributed by atoms with Crippen LogP contribution in [0, 0.1) is 0 Å². The monoisotopic (exact) mass is 196 g/mol. The van der Waals surface area contributed by atoms with E-state index in [2.05, 4.69) is 0 Å². The Morgan fingerprint density at radius 3 is 2.79 bits per heavy atom. The lowest BCUT2D eigenvalue weighted by Crippen LogP contribution is -2.37. The second-order valence-corrected chi connectivity index (χ2v) is 3.47. The van der Waals surface area contributed by atoms with E-state index in [-0.39, 0.29) is 5.78 Å². The summed E-state index contributed by atoms with van der Waals surface area (Å²) in [5.74, 6) is 0.740. The normalized spacial score (nSPS) is 15.1. The van der Waals surface area contributed by atoms with Gasteiger partial charge in [0.1, 0.15) is 11.4 Å². The Morgan fingerprint density at radius 1 is 1.64 bits per heavy atom. The van der Waals surface area contributed by atoms with Gasteiger partial charge in [0.15, 0.2) is 5.78 Å². The summed E-state index contributed by atoms with van der Waals surface area (Å²) in [4.78, 5) is 11.8. The fourth-order valence-corrected chi connectivity index (χ4v) is 1.21. The number of methoxy groups -OCH3 is 1. The molecule has 1 atom stereocenters. The van der Waals surface area contributed by atoms with E-state index >= 15 is 0 Å². The molecule has 0 bridgehead atoms. The Bertz CT molecular complexity index is 283. The molecule has 1 aromatic rings. The summed E-state index contributed by atoms with van der Waals surface area (Å²) in [7, 11) is 1.56. The molecular formula is C11H16O3. The summed E-state index contributed by atoms with van der Waals surface area (Å²) >= 11 is 0. The highest BCUT2D eigenvalue weighted by Gasteiger charge is 2.30. The van der Waals surface area contributed by atoms with Gasteiger partial charge in [-0.1, -0.05) is 6.92 Å². The number of ketones is 1. The fraction of sp³-hybridized carbons (Fsp3) is 0.545. The molecule has 1 aromatic heterocycles. The molecule has 1 rings (SSSR count). The van der Waals surface area contributed by atoms with Gasteiger partial charge < -0.3 is 9.15 Å². The summed E-state index contributed by atoms with van der Waals surface area (Å²) in [6, 6.07) is 3.57. The summed E-state index contributed by atoms with van der Waals surface area (Å²) in [5, 5.41) is 0. The van der Waals surface area contributed by atoms with Gasteiger partial charge in [-0.2, -0.15) is 0 Å². The molecule has 3 heteroatoms. The highest BCUT2D eigenvalue weighted by molar-refractivity contribution is 5.88. The molecule has 1 heterocycles. The Morgan fingerprint density at radius 2 is 2.36 bits per heavy atom. The van der Waals surface area contributed by atoms with Crippen LogP contribution < -0.4 is 0 Å². The molecule has 14 heavy (non-hydrogen) atoms. The van der Waals surface area contributed by atoms with Crippen molar-refractivity contribution in [2.24, 2.45) is 0 Å². The minimum atomic E-state index is -0.688. The number of carbonyl (C=O) groups is 1. The molecule has 0 aliphatic rings. The van der Waals surface area contributed by atoms with Crippen molar-refractivity contribution >= 4 is 5.78 Å². The Balaban J connectivity index is 2.66. The van der Waals surface area contributed by atoms with Gasteiger partial charge in [0.05, 0.1) is 12.7 Å². The van der Waals surface area contributed by atoms with Crippen LogP contribution in [-0.2, 0) is 16.0 Å². The highest BCUT2D eigenvalue weighted by Crippen LogP contribution is 2.18. The molecule has 0 spiro atoms. The first-order valence-corrected chi connectivity index (χ1v) is 4.73. The van der Waals surface area contributed by atoms with E-state index in [9.17, 15) is 4.79 Å². The first-order chi connectivity index (χ1) is 6.62. The molecule has 78 valence electrons. The van der Waals surface area contributed by atoms with Crippen molar-refractivity contribution in [2.45, 2.75) is 32.3 Å². The lowest BCUT2D eigenvalue weighted by Gasteiger charge is -2.24. The minimum absolute atomic E-state index is 0.0532. The minimum Gasteiger partial charge on any atom is -0.469 e. The van der Waals surface area contributed by atoms with E-state index in [0.717, 1.165) is 0 Å². The molecule has 0 fully saturated rings. The van der Waals surface area contributed by atoms with Crippen molar-refractivity contribution in [1.82, 2.24) is 0 Å². The van der Waals surface area contributed by atoms with Crippen molar-refractivity contribution < 1.29 is 13.9 Å². The van der Waals surface area contributed by atoms with E-state index in [4.69, 9.17) is 9.15 Å². The summed E-state index contributed by atoms with van der Waals surface area (Å²) in [5.41, 5.74) is -0.688. The number of carbonyl (C=O) groups excluding carboxylic acids is 1. The van der Waals surface area contributed by atoms with E-state index in [1.807, 2.05) is 6.92 Å².